The van der Waals surface area contributed by atoms with Crippen LogP contribution in [0.5, 0.6) is 0 Å². The average molecular weight is 185 g/mol. The van der Waals surface area contributed by atoms with E-state index in [0.717, 1.165) is 12.0 Å². The maximum Gasteiger partial charge on any atom is 0.00644 e. The predicted molar refractivity (Wildman–Crippen MR) is 61.1 cm³/mol. The molecular formula is C12H27N. The van der Waals surface area contributed by atoms with Gasteiger partial charge in [0.05, 0.1) is 0 Å². The maximum absolute atomic E-state index is 3.65. The van der Waals surface area contributed by atoms with Gasteiger partial charge in [-0.1, -0.05) is 40.5 Å². The van der Waals surface area contributed by atoms with E-state index < -0.39 is 0 Å². The molecule has 2 unspecified atom stereocenters. The van der Waals surface area contributed by atoms with E-state index in [1.54, 1.807) is 0 Å². The van der Waals surface area contributed by atoms with E-state index in [4.69, 9.17) is 0 Å². The lowest BCUT2D eigenvalue weighted by Gasteiger charge is -2.19. The molecule has 0 radical (unpaired) electrons. The van der Waals surface area contributed by atoms with E-state index in [2.05, 4.69) is 33.0 Å². The van der Waals surface area contributed by atoms with Crippen LogP contribution < -0.4 is 5.32 Å². The van der Waals surface area contributed by atoms with E-state index in [1.165, 1.54) is 38.6 Å². The van der Waals surface area contributed by atoms with Crippen LogP contribution in [0.3, 0.4) is 0 Å². The molecule has 0 fully saturated rings. The molecule has 1 heteroatoms. The third-order valence-electron chi connectivity index (χ3n) is 2.67. The molecule has 0 saturated heterocycles. The molecule has 1 N–H and O–H groups in total. The fourth-order valence-electron chi connectivity index (χ4n) is 1.76. The molecule has 0 aliphatic heterocycles. The Balaban J connectivity index is 3.46. The van der Waals surface area contributed by atoms with Gasteiger partial charge in [0.2, 0.25) is 0 Å². The van der Waals surface area contributed by atoms with Gasteiger partial charge in [-0.3, -0.25) is 0 Å². The first kappa shape index (κ1) is 13.0. The third kappa shape index (κ3) is 7.06. The monoisotopic (exact) mass is 185 g/mol. The molecule has 2 atom stereocenters. The van der Waals surface area contributed by atoms with Gasteiger partial charge in [-0.2, -0.15) is 0 Å². The lowest BCUT2D eigenvalue weighted by atomic mass is 10.0. The summed E-state index contributed by atoms with van der Waals surface area (Å²) in [6, 6.07) is 0.754. The molecule has 0 saturated carbocycles. The maximum atomic E-state index is 3.65. The van der Waals surface area contributed by atoms with Crippen molar-refractivity contribution in [1.82, 2.24) is 5.32 Å². The van der Waals surface area contributed by atoms with E-state index in [9.17, 15) is 0 Å². The SMILES string of the molecule is CCCC(C)CNC(CC)CCC. The summed E-state index contributed by atoms with van der Waals surface area (Å²) in [7, 11) is 0. The molecule has 0 aliphatic carbocycles. The molecule has 13 heavy (non-hydrogen) atoms. The van der Waals surface area contributed by atoms with Gasteiger partial charge < -0.3 is 5.32 Å². The van der Waals surface area contributed by atoms with Gasteiger partial charge >= 0.3 is 0 Å². The van der Waals surface area contributed by atoms with Crippen molar-refractivity contribution in [2.24, 2.45) is 5.92 Å². The molecule has 0 aromatic heterocycles. The second-order valence-electron chi connectivity index (χ2n) is 4.20. The van der Waals surface area contributed by atoms with Crippen LogP contribution in [0.25, 0.3) is 0 Å². The first-order valence-electron chi connectivity index (χ1n) is 5.97. The molecule has 0 amide bonds. The smallest absolute Gasteiger partial charge is 0.00644 e. The van der Waals surface area contributed by atoms with Crippen molar-refractivity contribution in [3.63, 3.8) is 0 Å². The lowest BCUT2D eigenvalue weighted by Crippen LogP contribution is -2.32. The van der Waals surface area contributed by atoms with Gasteiger partial charge in [0.1, 0.15) is 0 Å². The zero-order valence-electron chi connectivity index (χ0n) is 9.90. The van der Waals surface area contributed by atoms with Gasteiger partial charge in [0.15, 0.2) is 0 Å². The summed E-state index contributed by atoms with van der Waals surface area (Å²) in [5, 5.41) is 3.65. The van der Waals surface area contributed by atoms with Crippen LogP contribution >= 0.6 is 0 Å². The average Bonchev–Trinajstić information content (AvgIpc) is 2.12. The highest BCUT2D eigenvalue weighted by Crippen LogP contribution is 2.06. The summed E-state index contributed by atoms with van der Waals surface area (Å²) in [5.74, 6) is 0.843. The summed E-state index contributed by atoms with van der Waals surface area (Å²) < 4.78 is 0. The molecule has 1 nitrogen and oxygen atoms in total. The Morgan fingerprint density at radius 1 is 1.00 bits per heavy atom. The second kappa shape index (κ2) is 8.55. The Kier molecular flexibility index (Phi) is 8.53. The van der Waals surface area contributed by atoms with Crippen molar-refractivity contribution < 1.29 is 0 Å². The molecule has 0 spiro atoms. The Morgan fingerprint density at radius 2 is 1.62 bits per heavy atom. The molecule has 0 aliphatic rings. The zero-order chi connectivity index (χ0) is 10.1. The lowest BCUT2D eigenvalue weighted by molar-refractivity contribution is 0.401. The van der Waals surface area contributed by atoms with Gasteiger partial charge in [-0.15, -0.1) is 0 Å². The van der Waals surface area contributed by atoms with Crippen LogP contribution in [0.15, 0.2) is 0 Å². The van der Waals surface area contributed by atoms with Gasteiger partial charge in [0.25, 0.3) is 0 Å². The third-order valence-corrected chi connectivity index (χ3v) is 2.67. The van der Waals surface area contributed by atoms with Crippen molar-refractivity contribution >= 4 is 0 Å². The fraction of sp³-hybridized carbons (Fsp3) is 1.00. The fourth-order valence-corrected chi connectivity index (χ4v) is 1.76. The normalized spacial score (nSPS) is 15.7. The van der Waals surface area contributed by atoms with Crippen molar-refractivity contribution in [3.8, 4) is 0 Å². The van der Waals surface area contributed by atoms with Crippen molar-refractivity contribution in [3.05, 3.63) is 0 Å². The minimum Gasteiger partial charge on any atom is -0.314 e. The van der Waals surface area contributed by atoms with Crippen LogP contribution in [0, 0.1) is 5.92 Å². The van der Waals surface area contributed by atoms with Crippen LogP contribution in [-0.2, 0) is 0 Å². The Labute approximate surface area is 84.3 Å². The molecule has 80 valence electrons. The number of hydrogen-bond donors (Lipinski definition) is 1. The minimum absolute atomic E-state index is 0.754. The van der Waals surface area contributed by atoms with Crippen LogP contribution in [0.2, 0.25) is 0 Å². The van der Waals surface area contributed by atoms with E-state index >= 15 is 0 Å². The minimum atomic E-state index is 0.754. The standard InChI is InChI=1S/C12H27N/c1-5-8-11(4)10-13-12(7-3)9-6-2/h11-13H,5-10H2,1-4H3. The van der Waals surface area contributed by atoms with Gasteiger partial charge in [-0.25, -0.2) is 0 Å². The summed E-state index contributed by atoms with van der Waals surface area (Å²) in [4.78, 5) is 0. The van der Waals surface area contributed by atoms with Gasteiger partial charge in [-0.05, 0) is 31.7 Å². The van der Waals surface area contributed by atoms with Gasteiger partial charge in [0, 0.05) is 6.04 Å². The Hall–Kier alpha value is -0.0400. The zero-order valence-corrected chi connectivity index (χ0v) is 9.90. The summed E-state index contributed by atoms with van der Waals surface area (Å²) in [6.45, 7) is 10.3. The van der Waals surface area contributed by atoms with E-state index in [1.807, 2.05) is 0 Å². The molecule has 0 aromatic carbocycles. The molecule has 0 aromatic rings. The summed E-state index contributed by atoms with van der Waals surface area (Å²) >= 11 is 0. The van der Waals surface area contributed by atoms with E-state index in [-0.39, 0.29) is 0 Å². The van der Waals surface area contributed by atoms with Crippen molar-refractivity contribution in [2.45, 2.75) is 65.8 Å². The number of nitrogens with one attached hydrogen (secondary N) is 1. The highest BCUT2D eigenvalue weighted by Gasteiger charge is 2.06. The molecule has 0 bridgehead atoms. The molecule has 0 heterocycles. The van der Waals surface area contributed by atoms with Crippen molar-refractivity contribution in [2.75, 3.05) is 6.54 Å². The first-order chi connectivity index (χ1) is 6.24. The first-order valence-corrected chi connectivity index (χ1v) is 5.97. The number of hydrogen-bond acceptors (Lipinski definition) is 1. The summed E-state index contributed by atoms with van der Waals surface area (Å²) in [5.41, 5.74) is 0. The largest absolute Gasteiger partial charge is 0.314 e. The topological polar surface area (TPSA) is 12.0 Å². The number of rotatable bonds is 8. The van der Waals surface area contributed by atoms with Crippen LogP contribution in [0.4, 0.5) is 0 Å². The van der Waals surface area contributed by atoms with Crippen molar-refractivity contribution in [1.29, 1.82) is 0 Å². The highest BCUT2D eigenvalue weighted by molar-refractivity contribution is 4.66. The van der Waals surface area contributed by atoms with Crippen LogP contribution in [0.1, 0.15) is 59.8 Å². The Morgan fingerprint density at radius 3 is 2.08 bits per heavy atom. The summed E-state index contributed by atoms with van der Waals surface area (Å²) in [6.07, 6.45) is 6.57. The molecular weight excluding hydrogens is 158 g/mol. The quantitative estimate of drug-likeness (QED) is 0.609. The highest BCUT2D eigenvalue weighted by atomic mass is 14.9. The Bertz CT molecular complexity index is 101. The van der Waals surface area contributed by atoms with E-state index in [0.29, 0.717) is 0 Å². The molecule has 0 rings (SSSR count). The second-order valence-corrected chi connectivity index (χ2v) is 4.20. The predicted octanol–water partition coefficient (Wildman–Crippen LogP) is 3.59. The van der Waals surface area contributed by atoms with Crippen LogP contribution in [-0.4, -0.2) is 12.6 Å².